The fourth-order valence-corrected chi connectivity index (χ4v) is 4.59. The molecule has 5 rings (SSSR count). The highest BCUT2D eigenvalue weighted by Gasteiger charge is 2.31. The molecule has 0 aliphatic carbocycles. The van der Waals surface area contributed by atoms with E-state index in [9.17, 15) is 19.8 Å². The van der Waals surface area contributed by atoms with E-state index in [1.807, 2.05) is 54.7 Å². The lowest BCUT2D eigenvalue weighted by atomic mass is 9.92. The quantitative estimate of drug-likeness (QED) is 0.298. The van der Waals surface area contributed by atoms with Crippen LogP contribution in [-0.2, 0) is 27.5 Å². The SMILES string of the molecule is CC(=O)n1cc([C@H]2C=C(C(=O)Nc3ccccc3O)O[C@@H](OCc3ccc(CO)cc3)C2)c2ccccc21. The zero-order chi connectivity index (χ0) is 26.6. The van der Waals surface area contributed by atoms with Gasteiger partial charge in [-0.05, 0) is 41.0 Å². The van der Waals surface area contributed by atoms with Gasteiger partial charge >= 0.3 is 0 Å². The van der Waals surface area contributed by atoms with Crippen molar-refractivity contribution in [1.82, 2.24) is 4.57 Å². The van der Waals surface area contributed by atoms with Crippen molar-refractivity contribution in [3.8, 4) is 5.75 Å². The number of aromatic hydroxyl groups is 1. The number of allylic oxidation sites excluding steroid dienone is 1. The molecule has 194 valence electrons. The number of aliphatic hydroxyl groups is 1. The maximum Gasteiger partial charge on any atom is 0.290 e. The highest BCUT2D eigenvalue weighted by atomic mass is 16.7. The zero-order valence-electron chi connectivity index (χ0n) is 20.8. The molecule has 0 fully saturated rings. The molecule has 3 aromatic carbocycles. The fourth-order valence-electron chi connectivity index (χ4n) is 4.59. The molecule has 1 aromatic heterocycles. The Labute approximate surface area is 219 Å². The second kappa shape index (κ2) is 10.9. The first-order chi connectivity index (χ1) is 18.4. The van der Waals surface area contributed by atoms with Gasteiger partial charge in [0.2, 0.25) is 12.2 Å². The van der Waals surface area contributed by atoms with E-state index in [1.54, 1.807) is 28.8 Å². The van der Waals surface area contributed by atoms with Gasteiger partial charge in [0, 0.05) is 30.8 Å². The number of aliphatic hydroxyl groups excluding tert-OH is 1. The van der Waals surface area contributed by atoms with Crippen LogP contribution < -0.4 is 5.32 Å². The minimum absolute atomic E-state index is 0.0390. The Balaban J connectivity index is 1.45. The number of amides is 1. The van der Waals surface area contributed by atoms with Crippen molar-refractivity contribution in [3.05, 3.63) is 108 Å². The summed E-state index contributed by atoms with van der Waals surface area (Å²) in [7, 11) is 0. The monoisotopic (exact) mass is 512 g/mol. The highest BCUT2D eigenvalue weighted by molar-refractivity contribution is 6.03. The van der Waals surface area contributed by atoms with Crippen molar-refractivity contribution < 1.29 is 29.3 Å². The molecule has 8 nitrogen and oxygen atoms in total. The summed E-state index contributed by atoms with van der Waals surface area (Å²) in [5.74, 6) is -0.907. The summed E-state index contributed by atoms with van der Waals surface area (Å²) in [4.78, 5) is 25.5. The van der Waals surface area contributed by atoms with Crippen molar-refractivity contribution >= 4 is 28.4 Å². The minimum Gasteiger partial charge on any atom is -0.506 e. The van der Waals surface area contributed by atoms with Crippen LogP contribution >= 0.6 is 0 Å². The zero-order valence-corrected chi connectivity index (χ0v) is 20.8. The van der Waals surface area contributed by atoms with E-state index in [0.717, 1.165) is 27.6 Å². The van der Waals surface area contributed by atoms with Gasteiger partial charge in [0.25, 0.3) is 5.91 Å². The molecule has 4 aromatic rings. The Bertz CT molecular complexity index is 1500. The lowest BCUT2D eigenvalue weighted by Gasteiger charge is -2.29. The number of aromatic nitrogens is 1. The molecular formula is C30H28N2O6. The van der Waals surface area contributed by atoms with Gasteiger partial charge in [-0.2, -0.15) is 0 Å². The Morgan fingerprint density at radius 1 is 1.03 bits per heavy atom. The number of benzene rings is 3. The average Bonchev–Trinajstić information content (AvgIpc) is 3.33. The maximum atomic E-state index is 13.2. The first-order valence-electron chi connectivity index (χ1n) is 12.3. The summed E-state index contributed by atoms with van der Waals surface area (Å²) in [6.45, 7) is 1.71. The van der Waals surface area contributed by atoms with Gasteiger partial charge in [-0.1, -0.05) is 54.6 Å². The van der Waals surface area contributed by atoms with Gasteiger partial charge in [0.15, 0.2) is 5.76 Å². The number of nitrogens with one attached hydrogen (secondary N) is 1. The van der Waals surface area contributed by atoms with E-state index < -0.39 is 12.2 Å². The number of rotatable bonds is 7. The van der Waals surface area contributed by atoms with E-state index in [1.165, 1.54) is 13.0 Å². The molecule has 38 heavy (non-hydrogen) atoms. The lowest BCUT2D eigenvalue weighted by Crippen LogP contribution is -2.29. The number of para-hydroxylation sites is 3. The molecule has 3 N–H and O–H groups in total. The van der Waals surface area contributed by atoms with Crippen molar-refractivity contribution in [3.63, 3.8) is 0 Å². The van der Waals surface area contributed by atoms with Crippen molar-refractivity contribution in [1.29, 1.82) is 0 Å². The molecule has 0 bridgehead atoms. The van der Waals surface area contributed by atoms with Crippen LogP contribution in [0.2, 0.25) is 0 Å². The minimum atomic E-state index is -0.743. The third-order valence-corrected chi connectivity index (χ3v) is 6.56. The summed E-state index contributed by atoms with van der Waals surface area (Å²) >= 11 is 0. The number of fused-ring (bicyclic) bond motifs is 1. The normalized spacial score (nSPS) is 17.1. The number of phenolic OH excluding ortho intramolecular Hbond substituents is 1. The van der Waals surface area contributed by atoms with E-state index >= 15 is 0 Å². The Morgan fingerprint density at radius 3 is 2.47 bits per heavy atom. The van der Waals surface area contributed by atoms with E-state index in [0.29, 0.717) is 6.42 Å². The lowest BCUT2D eigenvalue weighted by molar-refractivity contribution is -0.147. The highest BCUT2D eigenvalue weighted by Crippen LogP contribution is 2.37. The van der Waals surface area contributed by atoms with Crippen LogP contribution in [0.25, 0.3) is 10.9 Å². The molecule has 0 spiro atoms. The van der Waals surface area contributed by atoms with Crippen molar-refractivity contribution in [2.75, 3.05) is 5.32 Å². The smallest absolute Gasteiger partial charge is 0.290 e. The Morgan fingerprint density at radius 2 is 1.74 bits per heavy atom. The molecule has 0 unspecified atom stereocenters. The van der Waals surface area contributed by atoms with Crippen LogP contribution in [0.15, 0.2) is 90.8 Å². The number of ether oxygens (including phenoxy) is 2. The van der Waals surface area contributed by atoms with Crippen LogP contribution in [0.5, 0.6) is 5.75 Å². The molecule has 0 saturated heterocycles. The number of anilines is 1. The average molecular weight is 513 g/mol. The molecular weight excluding hydrogens is 484 g/mol. The maximum absolute atomic E-state index is 13.2. The van der Waals surface area contributed by atoms with Gasteiger partial charge in [-0.3, -0.25) is 14.2 Å². The summed E-state index contributed by atoms with van der Waals surface area (Å²) in [6, 6.07) is 21.5. The van der Waals surface area contributed by atoms with Gasteiger partial charge in [0.1, 0.15) is 5.75 Å². The van der Waals surface area contributed by atoms with E-state index in [-0.39, 0.29) is 42.2 Å². The molecule has 8 heteroatoms. The van der Waals surface area contributed by atoms with Crippen LogP contribution in [0.4, 0.5) is 5.69 Å². The van der Waals surface area contributed by atoms with Crippen LogP contribution in [0.1, 0.15) is 40.7 Å². The summed E-state index contributed by atoms with van der Waals surface area (Å²) in [6.07, 6.45) is 3.22. The topological polar surface area (TPSA) is 110 Å². The number of nitrogens with zero attached hydrogens (tertiary/aromatic N) is 1. The predicted octanol–water partition coefficient (Wildman–Crippen LogP) is 5.07. The summed E-state index contributed by atoms with van der Waals surface area (Å²) in [5.41, 5.74) is 3.63. The van der Waals surface area contributed by atoms with Gasteiger partial charge in [0.05, 0.1) is 24.4 Å². The van der Waals surface area contributed by atoms with Crippen molar-refractivity contribution in [2.45, 2.75) is 38.8 Å². The third-order valence-electron chi connectivity index (χ3n) is 6.56. The first-order valence-corrected chi connectivity index (χ1v) is 12.3. The number of carbonyl (C=O) groups excluding carboxylic acids is 2. The Hall–Kier alpha value is -4.40. The Kier molecular flexibility index (Phi) is 7.26. The number of hydrogen-bond acceptors (Lipinski definition) is 6. The largest absolute Gasteiger partial charge is 0.506 e. The second-order valence-corrected chi connectivity index (χ2v) is 9.17. The van der Waals surface area contributed by atoms with Gasteiger partial charge in [-0.25, -0.2) is 0 Å². The number of phenols is 1. The molecule has 1 aliphatic heterocycles. The molecule has 1 aliphatic rings. The molecule has 0 saturated carbocycles. The number of hydrogen-bond donors (Lipinski definition) is 3. The molecule has 2 atom stereocenters. The van der Waals surface area contributed by atoms with Gasteiger partial charge in [-0.15, -0.1) is 0 Å². The second-order valence-electron chi connectivity index (χ2n) is 9.17. The van der Waals surface area contributed by atoms with Crippen LogP contribution in [0, 0.1) is 0 Å². The first kappa shape index (κ1) is 25.3. The third kappa shape index (κ3) is 5.32. The fraction of sp³-hybridized carbons (Fsp3) is 0.200. The van der Waals surface area contributed by atoms with Crippen molar-refractivity contribution in [2.24, 2.45) is 0 Å². The number of carbonyl (C=O) groups is 2. The summed E-state index contributed by atoms with van der Waals surface area (Å²) in [5, 5.41) is 23.0. The molecule has 2 heterocycles. The van der Waals surface area contributed by atoms with Crippen LogP contribution in [0.3, 0.4) is 0 Å². The van der Waals surface area contributed by atoms with E-state index in [4.69, 9.17) is 9.47 Å². The predicted molar refractivity (Wildman–Crippen MR) is 142 cm³/mol. The van der Waals surface area contributed by atoms with Gasteiger partial charge < -0.3 is 25.0 Å². The summed E-state index contributed by atoms with van der Waals surface area (Å²) < 4.78 is 13.7. The standard InChI is InChI=1S/C30H28N2O6/c1-19(34)32-16-24(23-6-2-4-8-26(23)32)22-14-28(30(36)31-25-7-3-5-9-27(25)35)38-29(15-22)37-18-21-12-10-20(17-33)11-13-21/h2-14,16,22,29,33,35H,15,17-18H2,1H3,(H,31,36)/t22-,29+/m0/s1. The molecule has 0 radical (unpaired) electrons. The molecule has 1 amide bonds. The van der Waals surface area contributed by atoms with Crippen LogP contribution in [-0.4, -0.2) is 32.9 Å². The van der Waals surface area contributed by atoms with E-state index in [2.05, 4.69) is 5.32 Å².